The molecule has 1 atom stereocenters. The third-order valence-electron chi connectivity index (χ3n) is 3.77. The Morgan fingerprint density at radius 1 is 1.19 bits per heavy atom. The molecular weight excluding hydrogens is 352 g/mol. The Morgan fingerprint density at radius 2 is 1.96 bits per heavy atom. The highest BCUT2D eigenvalue weighted by Gasteiger charge is 2.17. The number of anilines is 1. The van der Waals surface area contributed by atoms with Gasteiger partial charge in [-0.25, -0.2) is 17.9 Å². The molecule has 26 heavy (non-hydrogen) atoms. The second-order valence-electron chi connectivity index (χ2n) is 6.30. The molecule has 0 unspecified atom stereocenters. The first-order valence-electron chi connectivity index (χ1n) is 8.33. The van der Waals surface area contributed by atoms with Gasteiger partial charge in [0.2, 0.25) is 10.0 Å². The molecular formula is C18H24N4O3S. The number of rotatable bonds is 7. The maximum atomic E-state index is 12.4. The number of carbonyl (C=O) groups excluding carboxylic acids is 1. The van der Waals surface area contributed by atoms with Gasteiger partial charge < -0.3 is 10.6 Å². The molecule has 0 bridgehead atoms. The van der Waals surface area contributed by atoms with Crippen molar-refractivity contribution in [1.82, 2.24) is 15.0 Å². The molecule has 0 radical (unpaired) electrons. The van der Waals surface area contributed by atoms with Gasteiger partial charge in [-0.15, -0.1) is 0 Å². The van der Waals surface area contributed by atoms with Gasteiger partial charge in [0.1, 0.15) is 0 Å². The van der Waals surface area contributed by atoms with Crippen molar-refractivity contribution in [3.05, 3.63) is 54.4 Å². The first-order chi connectivity index (χ1) is 12.3. The van der Waals surface area contributed by atoms with Crippen LogP contribution in [0.15, 0.2) is 53.7 Å². The van der Waals surface area contributed by atoms with Crippen LogP contribution in [0.2, 0.25) is 0 Å². The lowest BCUT2D eigenvalue weighted by atomic mass is 9.98. The lowest BCUT2D eigenvalue weighted by Gasteiger charge is -2.21. The highest BCUT2D eigenvalue weighted by molar-refractivity contribution is 7.89. The van der Waals surface area contributed by atoms with Crippen molar-refractivity contribution in [2.24, 2.45) is 5.92 Å². The van der Waals surface area contributed by atoms with E-state index in [9.17, 15) is 13.2 Å². The molecule has 140 valence electrons. The number of nitrogens with one attached hydrogen (secondary N) is 3. The van der Waals surface area contributed by atoms with Gasteiger partial charge in [0.15, 0.2) is 0 Å². The van der Waals surface area contributed by atoms with E-state index in [1.807, 2.05) is 12.1 Å². The minimum atomic E-state index is -3.57. The summed E-state index contributed by atoms with van der Waals surface area (Å²) in [6.45, 7) is 4.16. The van der Waals surface area contributed by atoms with Gasteiger partial charge in [-0.2, -0.15) is 0 Å². The number of urea groups is 1. The number of pyridine rings is 1. The van der Waals surface area contributed by atoms with Crippen LogP contribution >= 0.6 is 0 Å². The average Bonchev–Trinajstić information content (AvgIpc) is 2.61. The molecule has 0 fully saturated rings. The Labute approximate surface area is 154 Å². The zero-order valence-corrected chi connectivity index (χ0v) is 15.9. The first-order valence-corrected chi connectivity index (χ1v) is 9.81. The lowest BCUT2D eigenvalue weighted by Crippen LogP contribution is -2.33. The van der Waals surface area contributed by atoms with Gasteiger partial charge in [-0.1, -0.05) is 26.0 Å². The summed E-state index contributed by atoms with van der Waals surface area (Å²) in [5.74, 6) is 0.379. The molecule has 0 spiro atoms. The van der Waals surface area contributed by atoms with Crippen LogP contribution in [0, 0.1) is 5.92 Å². The van der Waals surface area contributed by atoms with Gasteiger partial charge in [0, 0.05) is 18.1 Å². The fourth-order valence-electron chi connectivity index (χ4n) is 2.52. The van der Waals surface area contributed by atoms with E-state index in [4.69, 9.17) is 0 Å². The van der Waals surface area contributed by atoms with Crippen molar-refractivity contribution >= 4 is 21.7 Å². The summed E-state index contributed by atoms with van der Waals surface area (Å²) in [7, 11) is -2.23. The first kappa shape index (κ1) is 19.9. The van der Waals surface area contributed by atoms with Crippen LogP contribution in [0.1, 0.15) is 31.9 Å². The predicted octanol–water partition coefficient (Wildman–Crippen LogP) is 2.90. The summed E-state index contributed by atoms with van der Waals surface area (Å²) in [5, 5.41) is 5.62. The monoisotopic (exact) mass is 376 g/mol. The molecule has 2 aromatic rings. The van der Waals surface area contributed by atoms with Crippen LogP contribution < -0.4 is 15.4 Å². The van der Waals surface area contributed by atoms with E-state index >= 15 is 0 Å². The van der Waals surface area contributed by atoms with Crippen LogP contribution in [0.5, 0.6) is 0 Å². The van der Waals surface area contributed by atoms with Crippen LogP contribution in [0.4, 0.5) is 10.5 Å². The third-order valence-corrected chi connectivity index (χ3v) is 5.18. The topological polar surface area (TPSA) is 100 Å². The number of sulfonamides is 1. The minimum Gasteiger partial charge on any atom is -0.331 e. The smallest absolute Gasteiger partial charge is 0.319 e. The predicted molar refractivity (Wildman–Crippen MR) is 101 cm³/mol. The Morgan fingerprint density at radius 3 is 2.58 bits per heavy atom. The van der Waals surface area contributed by atoms with E-state index in [0.717, 1.165) is 12.0 Å². The van der Waals surface area contributed by atoms with Crippen molar-refractivity contribution in [2.45, 2.75) is 31.2 Å². The molecule has 1 heterocycles. The Balaban J connectivity index is 2.12. The van der Waals surface area contributed by atoms with Crippen molar-refractivity contribution in [3.63, 3.8) is 0 Å². The van der Waals surface area contributed by atoms with Crippen molar-refractivity contribution in [3.8, 4) is 0 Å². The molecule has 1 aromatic heterocycles. The van der Waals surface area contributed by atoms with Gasteiger partial charge in [-0.05, 0) is 49.2 Å². The van der Waals surface area contributed by atoms with Crippen LogP contribution in [0.3, 0.4) is 0 Å². The van der Waals surface area contributed by atoms with Gasteiger partial charge in [0.05, 0.1) is 10.9 Å². The molecule has 2 amide bonds. The van der Waals surface area contributed by atoms with Crippen LogP contribution in [-0.4, -0.2) is 26.5 Å². The quantitative estimate of drug-likeness (QED) is 0.692. The zero-order chi connectivity index (χ0) is 19.2. The fourth-order valence-corrected chi connectivity index (χ4v) is 3.29. The number of amides is 2. The fraction of sp³-hybridized carbons (Fsp3) is 0.333. The third kappa shape index (κ3) is 5.53. The standard InChI is InChI=1S/C18H24N4O3S/c1-13(2)10-17(14-6-5-9-20-12-14)22-18(23)21-15-7-4-8-16(11-15)26(24,25)19-3/h4-9,11-13,17,19H,10H2,1-3H3,(H2,21,22,23)/t17-/m1/s1. The molecule has 7 nitrogen and oxygen atoms in total. The maximum Gasteiger partial charge on any atom is 0.319 e. The van der Waals surface area contributed by atoms with Crippen molar-refractivity contribution in [2.75, 3.05) is 12.4 Å². The lowest BCUT2D eigenvalue weighted by molar-refractivity contribution is 0.246. The molecule has 1 aromatic carbocycles. The van der Waals surface area contributed by atoms with Gasteiger partial charge >= 0.3 is 6.03 Å². The van der Waals surface area contributed by atoms with Crippen LogP contribution in [-0.2, 0) is 10.0 Å². The Hall–Kier alpha value is -2.45. The van der Waals surface area contributed by atoms with Crippen molar-refractivity contribution < 1.29 is 13.2 Å². The molecule has 0 saturated heterocycles. The number of hydrogen-bond acceptors (Lipinski definition) is 4. The molecule has 0 aliphatic heterocycles. The second-order valence-corrected chi connectivity index (χ2v) is 8.19. The van der Waals surface area contributed by atoms with E-state index < -0.39 is 16.1 Å². The number of hydrogen-bond donors (Lipinski definition) is 3. The molecule has 3 N–H and O–H groups in total. The number of aromatic nitrogens is 1. The normalized spacial score (nSPS) is 12.6. The van der Waals surface area contributed by atoms with Gasteiger partial charge in [0.25, 0.3) is 0 Å². The van der Waals surface area contributed by atoms with Gasteiger partial charge in [-0.3, -0.25) is 4.98 Å². The second kappa shape index (κ2) is 8.77. The largest absolute Gasteiger partial charge is 0.331 e. The summed E-state index contributed by atoms with van der Waals surface area (Å²) >= 11 is 0. The maximum absolute atomic E-state index is 12.4. The van der Waals surface area contributed by atoms with E-state index in [2.05, 4.69) is 34.2 Å². The molecule has 0 saturated carbocycles. The molecule has 8 heteroatoms. The number of benzene rings is 1. The summed E-state index contributed by atoms with van der Waals surface area (Å²) in [6.07, 6.45) is 4.17. The van der Waals surface area contributed by atoms with E-state index in [-0.39, 0.29) is 10.9 Å². The zero-order valence-electron chi connectivity index (χ0n) is 15.1. The highest BCUT2D eigenvalue weighted by Crippen LogP contribution is 2.21. The Kier molecular flexibility index (Phi) is 6.70. The average molecular weight is 376 g/mol. The highest BCUT2D eigenvalue weighted by atomic mass is 32.2. The van der Waals surface area contributed by atoms with E-state index in [1.165, 1.54) is 19.2 Å². The summed E-state index contributed by atoms with van der Waals surface area (Å²) in [5.41, 5.74) is 1.32. The van der Waals surface area contributed by atoms with E-state index in [0.29, 0.717) is 11.6 Å². The molecule has 0 aliphatic carbocycles. The summed E-state index contributed by atoms with van der Waals surface area (Å²) < 4.78 is 26.0. The Bertz CT molecular complexity index is 839. The molecule has 2 rings (SSSR count). The minimum absolute atomic E-state index is 0.0868. The number of nitrogens with zero attached hydrogens (tertiary/aromatic N) is 1. The molecule has 0 aliphatic rings. The van der Waals surface area contributed by atoms with E-state index in [1.54, 1.807) is 24.5 Å². The van der Waals surface area contributed by atoms with Crippen molar-refractivity contribution in [1.29, 1.82) is 0 Å². The summed E-state index contributed by atoms with van der Waals surface area (Å²) in [6, 6.07) is 9.24. The number of carbonyl (C=O) groups is 1. The SMILES string of the molecule is CNS(=O)(=O)c1cccc(NC(=O)N[C@H](CC(C)C)c2cccnc2)c1. The summed E-state index contributed by atoms with van der Waals surface area (Å²) in [4.78, 5) is 16.6. The van der Waals surface area contributed by atoms with Crippen LogP contribution in [0.25, 0.3) is 0 Å².